The Labute approximate surface area is 201 Å². The van der Waals surface area contributed by atoms with Crippen LogP contribution in [0.25, 0.3) is 5.52 Å². The number of aryl methyl sites for hydroxylation is 2. The van der Waals surface area contributed by atoms with Gasteiger partial charge < -0.3 is 4.90 Å². The second kappa shape index (κ2) is 9.15. The molecule has 0 aliphatic carbocycles. The third-order valence-electron chi connectivity index (χ3n) is 7.28. The molecule has 8 heteroatoms. The first kappa shape index (κ1) is 23.1. The van der Waals surface area contributed by atoms with Gasteiger partial charge in [-0.25, -0.2) is 12.9 Å². The van der Waals surface area contributed by atoms with Crippen LogP contribution >= 0.6 is 0 Å². The second-order valence-electron chi connectivity index (χ2n) is 9.59. The van der Waals surface area contributed by atoms with Crippen molar-refractivity contribution in [2.75, 3.05) is 26.2 Å². The predicted molar refractivity (Wildman–Crippen MR) is 132 cm³/mol. The van der Waals surface area contributed by atoms with E-state index in [4.69, 9.17) is 0 Å². The molecule has 2 aliphatic rings. The van der Waals surface area contributed by atoms with E-state index in [1.54, 1.807) is 21.0 Å². The molecule has 5 rings (SSSR count). The Hall–Kier alpha value is -2.71. The van der Waals surface area contributed by atoms with Crippen molar-refractivity contribution < 1.29 is 13.2 Å². The minimum absolute atomic E-state index is 0.0726. The van der Waals surface area contributed by atoms with Gasteiger partial charge in [0.15, 0.2) is 0 Å². The van der Waals surface area contributed by atoms with Crippen molar-refractivity contribution in [2.45, 2.75) is 56.8 Å². The average Bonchev–Trinajstić information content (AvgIpc) is 3.19. The van der Waals surface area contributed by atoms with E-state index < -0.39 is 10.0 Å². The first-order chi connectivity index (χ1) is 16.3. The number of hydrogen-bond donors (Lipinski definition) is 0. The number of hydrogen-bond acceptors (Lipinski definition) is 4. The molecule has 2 saturated heterocycles. The number of benzene rings is 1. The number of rotatable bonds is 4. The summed E-state index contributed by atoms with van der Waals surface area (Å²) in [4.78, 5) is 15.6. The van der Waals surface area contributed by atoms with Crippen molar-refractivity contribution in [3.8, 4) is 0 Å². The lowest BCUT2D eigenvalue weighted by molar-refractivity contribution is 0.0725. The highest BCUT2D eigenvalue weighted by atomic mass is 32.2. The van der Waals surface area contributed by atoms with E-state index in [1.165, 1.54) is 6.42 Å². The summed E-state index contributed by atoms with van der Waals surface area (Å²) >= 11 is 0. The molecule has 0 saturated carbocycles. The maximum absolute atomic E-state index is 13.3. The zero-order chi connectivity index (χ0) is 23.9. The van der Waals surface area contributed by atoms with Gasteiger partial charge in [0.05, 0.1) is 21.7 Å². The summed E-state index contributed by atoms with van der Waals surface area (Å²) in [5.74, 6) is 0.325. The number of likely N-dealkylation sites (tertiary alicyclic amines) is 1. The van der Waals surface area contributed by atoms with E-state index >= 15 is 0 Å². The lowest BCUT2D eigenvalue weighted by Crippen LogP contribution is -2.37. The molecule has 34 heavy (non-hydrogen) atoms. The Balaban J connectivity index is 1.35. The third-order valence-corrected chi connectivity index (χ3v) is 9.19. The number of piperidine rings is 2. The molecule has 180 valence electrons. The molecule has 0 bridgehead atoms. The molecule has 1 amide bonds. The molecule has 4 heterocycles. The number of amides is 1. The topological polar surface area (TPSA) is 75.0 Å². The highest BCUT2D eigenvalue weighted by Crippen LogP contribution is 2.32. The van der Waals surface area contributed by atoms with Gasteiger partial charge in [-0.3, -0.25) is 4.79 Å². The van der Waals surface area contributed by atoms with E-state index in [1.807, 2.05) is 37.1 Å². The lowest BCUT2D eigenvalue weighted by Gasteiger charge is -2.31. The monoisotopic (exact) mass is 480 g/mol. The van der Waals surface area contributed by atoms with Crippen LogP contribution in [0, 0.1) is 13.8 Å². The number of pyridine rings is 1. The molecule has 0 unspecified atom stereocenters. The number of fused-ring (bicyclic) bond motifs is 1. The number of sulfonamides is 1. The van der Waals surface area contributed by atoms with Crippen molar-refractivity contribution in [1.82, 2.24) is 18.8 Å². The molecule has 0 spiro atoms. The zero-order valence-corrected chi connectivity index (χ0v) is 20.7. The molecule has 7 nitrogen and oxygen atoms in total. The van der Waals surface area contributed by atoms with Crippen LogP contribution in [0.1, 0.15) is 65.2 Å². The van der Waals surface area contributed by atoms with Crippen LogP contribution in [0.3, 0.4) is 0 Å². The molecular formula is C26H32N4O3S. The quantitative estimate of drug-likeness (QED) is 0.562. The summed E-state index contributed by atoms with van der Waals surface area (Å²) in [5, 5.41) is 4.58. The predicted octanol–water partition coefficient (Wildman–Crippen LogP) is 4.15. The maximum Gasteiger partial charge on any atom is 0.257 e. The molecular weight excluding hydrogens is 448 g/mol. The smallest absolute Gasteiger partial charge is 0.257 e. The maximum atomic E-state index is 13.3. The minimum Gasteiger partial charge on any atom is -0.339 e. The number of carbonyl (C=O) groups excluding carboxylic acids is 1. The summed E-state index contributed by atoms with van der Waals surface area (Å²) in [6.07, 6.45) is 6.73. The van der Waals surface area contributed by atoms with Gasteiger partial charge in [-0.15, -0.1) is 0 Å². The largest absolute Gasteiger partial charge is 0.339 e. The normalized spacial score (nSPS) is 18.5. The molecule has 3 aromatic rings. The summed E-state index contributed by atoms with van der Waals surface area (Å²) in [6, 6.07) is 11.2. The van der Waals surface area contributed by atoms with Crippen molar-refractivity contribution in [3.63, 3.8) is 0 Å². The molecule has 1 aromatic carbocycles. The average molecular weight is 481 g/mol. The summed E-state index contributed by atoms with van der Waals surface area (Å²) in [6.45, 7) is 6.45. The Kier molecular flexibility index (Phi) is 6.20. The van der Waals surface area contributed by atoms with Crippen molar-refractivity contribution in [2.24, 2.45) is 0 Å². The highest BCUT2D eigenvalue weighted by molar-refractivity contribution is 7.89. The van der Waals surface area contributed by atoms with Crippen LogP contribution < -0.4 is 0 Å². The highest BCUT2D eigenvalue weighted by Gasteiger charge is 2.31. The van der Waals surface area contributed by atoms with Gasteiger partial charge in [0.1, 0.15) is 0 Å². The van der Waals surface area contributed by atoms with E-state index in [0.29, 0.717) is 23.5 Å². The van der Waals surface area contributed by atoms with Crippen LogP contribution in [0.5, 0.6) is 0 Å². The molecule has 0 atom stereocenters. The van der Waals surface area contributed by atoms with Gasteiger partial charge in [0.2, 0.25) is 10.0 Å². The Morgan fingerprint density at radius 1 is 0.941 bits per heavy atom. The fraction of sp³-hybridized carbons (Fsp3) is 0.462. The SMILES string of the molecule is Cc1ccc(S(=O)(=O)N2CCC(c3ccn4nc(C)c(C(=O)N5CCCCC5)c4c3)CC2)cc1. The van der Waals surface area contributed by atoms with Gasteiger partial charge in [-0.1, -0.05) is 17.7 Å². The minimum atomic E-state index is -3.48. The third kappa shape index (κ3) is 4.25. The van der Waals surface area contributed by atoms with Crippen molar-refractivity contribution in [1.29, 1.82) is 0 Å². The van der Waals surface area contributed by atoms with Gasteiger partial charge in [0.25, 0.3) is 5.91 Å². The molecule has 2 aliphatic heterocycles. The number of carbonyl (C=O) groups is 1. The Morgan fingerprint density at radius 3 is 2.29 bits per heavy atom. The molecule has 0 radical (unpaired) electrons. The van der Waals surface area contributed by atoms with Gasteiger partial charge >= 0.3 is 0 Å². The van der Waals surface area contributed by atoms with E-state index in [-0.39, 0.29) is 11.8 Å². The second-order valence-corrected chi connectivity index (χ2v) is 11.5. The van der Waals surface area contributed by atoms with Gasteiger partial charge in [0, 0.05) is 32.4 Å². The van der Waals surface area contributed by atoms with Gasteiger partial charge in [-0.2, -0.15) is 9.40 Å². The van der Waals surface area contributed by atoms with E-state index in [0.717, 1.165) is 61.1 Å². The van der Waals surface area contributed by atoms with Crippen molar-refractivity contribution >= 4 is 21.4 Å². The van der Waals surface area contributed by atoms with Crippen LogP contribution in [0.2, 0.25) is 0 Å². The molecule has 2 aromatic heterocycles. The summed E-state index contributed by atoms with van der Waals surface area (Å²) < 4.78 is 29.5. The Bertz CT molecular complexity index is 1300. The van der Waals surface area contributed by atoms with Crippen LogP contribution in [0.4, 0.5) is 0 Å². The summed E-state index contributed by atoms with van der Waals surface area (Å²) in [7, 11) is -3.48. The van der Waals surface area contributed by atoms with E-state index in [9.17, 15) is 13.2 Å². The van der Waals surface area contributed by atoms with Crippen LogP contribution in [-0.4, -0.2) is 59.3 Å². The Morgan fingerprint density at radius 2 is 1.62 bits per heavy atom. The van der Waals surface area contributed by atoms with E-state index in [2.05, 4.69) is 17.2 Å². The summed E-state index contributed by atoms with van der Waals surface area (Å²) in [5.41, 5.74) is 4.49. The first-order valence-electron chi connectivity index (χ1n) is 12.2. The van der Waals surface area contributed by atoms with Crippen LogP contribution in [0.15, 0.2) is 47.5 Å². The fourth-order valence-electron chi connectivity index (χ4n) is 5.24. The molecule has 2 fully saturated rings. The standard InChI is InChI=1S/C26H32N4O3S/c1-19-6-8-23(9-7-19)34(32,33)29-15-10-21(11-16-29)22-12-17-30-24(18-22)25(20(2)27-30)26(31)28-13-4-3-5-14-28/h6-9,12,17-18,21H,3-5,10-11,13-16H2,1-2H3. The number of nitrogens with zero attached hydrogens (tertiary/aromatic N) is 4. The van der Waals surface area contributed by atoms with Gasteiger partial charge in [-0.05, 0) is 81.7 Å². The lowest BCUT2D eigenvalue weighted by atomic mass is 9.90. The zero-order valence-electron chi connectivity index (χ0n) is 19.9. The first-order valence-corrected chi connectivity index (χ1v) is 13.6. The number of aromatic nitrogens is 2. The fourth-order valence-corrected chi connectivity index (χ4v) is 6.71. The van der Waals surface area contributed by atoms with Crippen LogP contribution in [-0.2, 0) is 10.0 Å². The van der Waals surface area contributed by atoms with Crippen molar-refractivity contribution in [3.05, 3.63) is 65.0 Å². The molecule has 0 N–H and O–H groups in total.